The van der Waals surface area contributed by atoms with Crippen LogP contribution in [-0.4, -0.2) is 32.9 Å². The smallest absolute Gasteiger partial charge is 0.118 e. The molecule has 0 aromatic heterocycles. The molecule has 1 N–H and O–H groups in total. The molecule has 1 fully saturated rings. The summed E-state index contributed by atoms with van der Waals surface area (Å²) < 4.78 is 11.0. The number of hydrogen-bond donors (Lipinski definition) is 1. The maximum absolute atomic E-state index is 5.81. The zero-order valence-electron chi connectivity index (χ0n) is 12.7. The Labute approximate surface area is 122 Å². The van der Waals surface area contributed by atoms with E-state index in [1.807, 2.05) is 12.1 Å². The third-order valence-electron chi connectivity index (χ3n) is 4.16. The van der Waals surface area contributed by atoms with Crippen molar-refractivity contribution >= 4 is 0 Å². The molecule has 0 radical (unpaired) electrons. The van der Waals surface area contributed by atoms with Gasteiger partial charge in [0.1, 0.15) is 5.75 Å². The van der Waals surface area contributed by atoms with E-state index in [-0.39, 0.29) is 0 Å². The molecule has 20 heavy (non-hydrogen) atoms. The number of likely N-dealkylation sites (N-methyl/N-ethyl adjacent to an activating group) is 1. The highest BCUT2D eigenvalue weighted by Gasteiger charge is 2.16. The molecule has 0 amide bonds. The summed E-state index contributed by atoms with van der Waals surface area (Å²) in [5.41, 5.74) is 1.36. The number of benzene rings is 1. The number of hydrogen-bond acceptors (Lipinski definition) is 3. The van der Waals surface area contributed by atoms with E-state index in [1.165, 1.54) is 37.7 Å². The van der Waals surface area contributed by atoms with E-state index in [0.29, 0.717) is 12.1 Å². The van der Waals surface area contributed by atoms with Gasteiger partial charge in [0.25, 0.3) is 0 Å². The predicted octanol–water partition coefficient (Wildman–Crippen LogP) is 3.18. The average molecular weight is 277 g/mol. The maximum atomic E-state index is 5.81. The SMILES string of the molecule is CNC(CCC1CCCCO1)Cc1ccc(OC)cc1. The van der Waals surface area contributed by atoms with E-state index in [1.54, 1.807) is 7.11 Å². The van der Waals surface area contributed by atoms with E-state index < -0.39 is 0 Å². The molecule has 0 spiro atoms. The molecule has 1 aromatic carbocycles. The first kappa shape index (κ1) is 15.3. The van der Waals surface area contributed by atoms with Crippen LogP contribution in [0.2, 0.25) is 0 Å². The minimum Gasteiger partial charge on any atom is -0.497 e. The fourth-order valence-corrected chi connectivity index (χ4v) is 2.82. The Kier molecular flexibility index (Phi) is 6.34. The van der Waals surface area contributed by atoms with Crippen molar-refractivity contribution in [3.63, 3.8) is 0 Å². The van der Waals surface area contributed by atoms with Crippen LogP contribution in [0.5, 0.6) is 5.75 Å². The van der Waals surface area contributed by atoms with Gasteiger partial charge in [-0.25, -0.2) is 0 Å². The Morgan fingerprint density at radius 3 is 2.70 bits per heavy atom. The van der Waals surface area contributed by atoms with Crippen LogP contribution in [0, 0.1) is 0 Å². The number of nitrogens with one attached hydrogen (secondary N) is 1. The molecule has 0 aliphatic carbocycles. The molecule has 0 bridgehead atoms. The van der Waals surface area contributed by atoms with Gasteiger partial charge < -0.3 is 14.8 Å². The number of ether oxygens (including phenoxy) is 2. The third-order valence-corrected chi connectivity index (χ3v) is 4.16. The number of methoxy groups -OCH3 is 1. The van der Waals surface area contributed by atoms with Gasteiger partial charge in [-0.2, -0.15) is 0 Å². The Morgan fingerprint density at radius 1 is 1.30 bits per heavy atom. The van der Waals surface area contributed by atoms with Gasteiger partial charge in [0, 0.05) is 12.6 Å². The van der Waals surface area contributed by atoms with Crippen LogP contribution in [0.4, 0.5) is 0 Å². The molecule has 0 saturated carbocycles. The summed E-state index contributed by atoms with van der Waals surface area (Å²) in [6.07, 6.45) is 7.68. The minimum absolute atomic E-state index is 0.482. The van der Waals surface area contributed by atoms with Crippen molar-refractivity contribution in [1.82, 2.24) is 5.32 Å². The fourth-order valence-electron chi connectivity index (χ4n) is 2.82. The monoisotopic (exact) mass is 277 g/mol. The van der Waals surface area contributed by atoms with Crippen LogP contribution in [0.1, 0.15) is 37.7 Å². The first-order valence-corrected chi connectivity index (χ1v) is 7.73. The van der Waals surface area contributed by atoms with Crippen molar-refractivity contribution in [2.45, 2.75) is 50.7 Å². The quantitative estimate of drug-likeness (QED) is 0.830. The molecular formula is C17H27NO2. The lowest BCUT2D eigenvalue weighted by Gasteiger charge is -2.25. The first-order valence-electron chi connectivity index (χ1n) is 7.73. The van der Waals surface area contributed by atoms with Crippen molar-refractivity contribution in [3.05, 3.63) is 29.8 Å². The molecule has 1 aromatic rings. The zero-order valence-corrected chi connectivity index (χ0v) is 12.7. The maximum Gasteiger partial charge on any atom is 0.118 e. The second-order valence-electron chi connectivity index (χ2n) is 5.60. The lowest BCUT2D eigenvalue weighted by atomic mass is 9.97. The fraction of sp³-hybridized carbons (Fsp3) is 0.647. The molecular weight excluding hydrogens is 250 g/mol. The molecule has 112 valence electrons. The molecule has 2 atom stereocenters. The average Bonchev–Trinajstić information content (AvgIpc) is 2.53. The Bertz CT molecular complexity index is 371. The molecule has 1 heterocycles. The lowest BCUT2D eigenvalue weighted by molar-refractivity contribution is 0.00870. The molecule has 3 nitrogen and oxygen atoms in total. The first-order chi connectivity index (χ1) is 9.81. The lowest BCUT2D eigenvalue weighted by Crippen LogP contribution is -2.30. The molecule has 1 saturated heterocycles. The van der Waals surface area contributed by atoms with E-state index in [0.717, 1.165) is 18.8 Å². The predicted molar refractivity (Wildman–Crippen MR) is 82.4 cm³/mol. The highest BCUT2D eigenvalue weighted by molar-refractivity contribution is 5.27. The highest BCUT2D eigenvalue weighted by atomic mass is 16.5. The van der Waals surface area contributed by atoms with Crippen molar-refractivity contribution in [3.8, 4) is 5.75 Å². The van der Waals surface area contributed by atoms with E-state index >= 15 is 0 Å². The Balaban J connectivity index is 1.78. The van der Waals surface area contributed by atoms with Crippen LogP contribution in [0.3, 0.4) is 0 Å². The van der Waals surface area contributed by atoms with Gasteiger partial charge in [0.15, 0.2) is 0 Å². The van der Waals surface area contributed by atoms with Crippen molar-refractivity contribution in [2.75, 3.05) is 20.8 Å². The normalized spacial score (nSPS) is 20.6. The second-order valence-corrected chi connectivity index (χ2v) is 5.60. The minimum atomic E-state index is 0.482. The summed E-state index contributed by atoms with van der Waals surface area (Å²) in [5.74, 6) is 0.922. The van der Waals surface area contributed by atoms with E-state index in [4.69, 9.17) is 9.47 Å². The second kappa shape index (κ2) is 8.28. The van der Waals surface area contributed by atoms with Gasteiger partial charge in [0.05, 0.1) is 13.2 Å². The van der Waals surface area contributed by atoms with Crippen molar-refractivity contribution in [1.29, 1.82) is 0 Å². The largest absolute Gasteiger partial charge is 0.497 e. The van der Waals surface area contributed by atoms with Gasteiger partial charge in [-0.05, 0) is 63.3 Å². The molecule has 2 rings (SSSR count). The summed E-state index contributed by atoms with van der Waals surface area (Å²) in [4.78, 5) is 0. The van der Waals surface area contributed by atoms with Crippen molar-refractivity contribution < 1.29 is 9.47 Å². The summed E-state index contributed by atoms with van der Waals surface area (Å²) >= 11 is 0. The van der Waals surface area contributed by atoms with Gasteiger partial charge in [0.2, 0.25) is 0 Å². The molecule has 1 aliphatic rings. The third kappa shape index (κ3) is 4.80. The van der Waals surface area contributed by atoms with Crippen molar-refractivity contribution in [2.24, 2.45) is 0 Å². The van der Waals surface area contributed by atoms with Crippen LogP contribution in [0.25, 0.3) is 0 Å². The Morgan fingerprint density at radius 2 is 2.10 bits per heavy atom. The van der Waals surface area contributed by atoms with Crippen LogP contribution in [0.15, 0.2) is 24.3 Å². The van der Waals surface area contributed by atoms with Gasteiger partial charge in [-0.1, -0.05) is 12.1 Å². The summed E-state index contributed by atoms with van der Waals surface area (Å²) in [7, 11) is 3.76. The topological polar surface area (TPSA) is 30.5 Å². The van der Waals surface area contributed by atoms with Crippen LogP contribution in [-0.2, 0) is 11.2 Å². The van der Waals surface area contributed by atoms with E-state index in [9.17, 15) is 0 Å². The molecule has 1 aliphatic heterocycles. The molecule has 2 unspecified atom stereocenters. The van der Waals surface area contributed by atoms with Gasteiger partial charge >= 0.3 is 0 Å². The Hall–Kier alpha value is -1.06. The molecule has 3 heteroatoms. The van der Waals surface area contributed by atoms with Gasteiger partial charge in [-0.3, -0.25) is 0 Å². The van der Waals surface area contributed by atoms with E-state index in [2.05, 4.69) is 24.5 Å². The van der Waals surface area contributed by atoms with Gasteiger partial charge in [-0.15, -0.1) is 0 Å². The number of rotatable bonds is 7. The van der Waals surface area contributed by atoms with Crippen LogP contribution < -0.4 is 10.1 Å². The summed E-state index contributed by atoms with van der Waals surface area (Å²) in [6, 6.07) is 8.90. The zero-order chi connectivity index (χ0) is 14.2. The standard InChI is InChI=1S/C17H27NO2/c1-18-15(8-11-17-5-3-4-12-20-17)13-14-6-9-16(19-2)10-7-14/h6-7,9-10,15,17-18H,3-5,8,11-13H2,1-2H3. The highest BCUT2D eigenvalue weighted by Crippen LogP contribution is 2.19. The van der Waals surface area contributed by atoms with Crippen LogP contribution >= 0.6 is 0 Å². The summed E-state index contributed by atoms with van der Waals surface area (Å²) in [5, 5.41) is 3.43. The summed E-state index contributed by atoms with van der Waals surface area (Å²) in [6.45, 7) is 0.952.